The van der Waals surface area contributed by atoms with Gasteiger partial charge in [-0.3, -0.25) is 4.98 Å². The van der Waals surface area contributed by atoms with Crippen LogP contribution in [-0.4, -0.2) is 15.2 Å². The average molecular weight is 254 g/mol. The van der Waals surface area contributed by atoms with Crippen LogP contribution < -0.4 is 5.69 Å². The van der Waals surface area contributed by atoms with Crippen LogP contribution in [0, 0.1) is 0 Å². The van der Waals surface area contributed by atoms with E-state index in [9.17, 15) is 4.79 Å². The second kappa shape index (κ2) is 3.79. The third-order valence-corrected chi connectivity index (χ3v) is 2.64. The van der Waals surface area contributed by atoms with Gasteiger partial charge in [-0.25, -0.2) is 9.89 Å². The van der Waals surface area contributed by atoms with Gasteiger partial charge >= 0.3 is 5.69 Å². The molecule has 2 N–H and O–H groups in total. The second-order valence-electron chi connectivity index (χ2n) is 2.89. The molecule has 0 atom stereocenters. The third kappa shape index (κ3) is 1.93. The fourth-order valence-corrected chi connectivity index (χ4v) is 1.64. The van der Waals surface area contributed by atoms with Crippen LogP contribution >= 0.6 is 15.9 Å². The zero-order valence-corrected chi connectivity index (χ0v) is 8.84. The summed E-state index contributed by atoms with van der Waals surface area (Å²) in [5.74, 6) is 0.641. The highest BCUT2D eigenvalue weighted by Gasteiger charge is 2.02. The van der Waals surface area contributed by atoms with Crippen molar-refractivity contribution in [2.75, 3.05) is 0 Å². The molecule has 0 fully saturated rings. The number of nitrogens with one attached hydrogen (secondary N) is 2. The van der Waals surface area contributed by atoms with Crippen molar-refractivity contribution >= 4 is 15.9 Å². The molecule has 14 heavy (non-hydrogen) atoms. The van der Waals surface area contributed by atoms with Gasteiger partial charge in [0.2, 0.25) is 0 Å². The van der Waals surface area contributed by atoms with E-state index in [0.29, 0.717) is 12.2 Å². The Labute approximate surface area is 88.5 Å². The molecule has 2 aromatic rings. The number of aromatic nitrogens is 3. The van der Waals surface area contributed by atoms with Crippen LogP contribution in [0.5, 0.6) is 0 Å². The number of rotatable bonds is 2. The number of benzene rings is 1. The summed E-state index contributed by atoms with van der Waals surface area (Å²) in [7, 11) is 0. The molecule has 72 valence electrons. The lowest BCUT2D eigenvalue weighted by atomic mass is 10.1. The molecule has 0 unspecified atom stereocenters. The van der Waals surface area contributed by atoms with Gasteiger partial charge in [-0.15, -0.1) is 0 Å². The van der Waals surface area contributed by atoms with Gasteiger partial charge in [0.1, 0.15) is 5.82 Å². The number of H-pyrrole nitrogens is 2. The zero-order chi connectivity index (χ0) is 9.97. The molecular formula is C9H8BrN3O. The van der Waals surface area contributed by atoms with Gasteiger partial charge in [-0.2, -0.15) is 5.10 Å². The van der Waals surface area contributed by atoms with Gasteiger partial charge in [0.15, 0.2) is 0 Å². The molecule has 0 bridgehead atoms. The lowest BCUT2D eigenvalue weighted by Crippen LogP contribution is -2.01. The van der Waals surface area contributed by atoms with Crippen LogP contribution in [0.4, 0.5) is 0 Å². The average Bonchev–Trinajstić information content (AvgIpc) is 2.56. The second-order valence-corrected chi connectivity index (χ2v) is 3.75. The first-order chi connectivity index (χ1) is 6.75. The Hall–Kier alpha value is -1.36. The fourth-order valence-electron chi connectivity index (χ4n) is 1.21. The summed E-state index contributed by atoms with van der Waals surface area (Å²) < 4.78 is 1.02. The maximum absolute atomic E-state index is 10.8. The van der Waals surface area contributed by atoms with E-state index >= 15 is 0 Å². The Morgan fingerprint density at radius 3 is 2.79 bits per heavy atom. The van der Waals surface area contributed by atoms with Gasteiger partial charge in [0.25, 0.3) is 0 Å². The summed E-state index contributed by atoms with van der Waals surface area (Å²) in [6.45, 7) is 0. The van der Waals surface area contributed by atoms with E-state index in [1.807, 2.05) is 24.3 Å². The SMILES string of the molecule is O=c1[nH]nc(Cc2ccccc2Br)[nH]1. The molecule has 4 nitrogen and oxygen atoms in total. The van der Waals surface area contributed by atoms with Crippen LogP contribution in [0.15, 0.2) is 33.5 Å². The van der Waals surface area contributed by atoms with Crippen molar-refractivity contribution in [3.63, 3.8) is 0 Å². The van der Waals surface area contributed by atoms with E-state index in [0.717, 1.165) is 10.0 Å². The smallest absolute Gasteiger partial charge is 0.293 e. The minimum Gasteiger partial charge on any atom is -0.293 e. The highest BCUT2D eigenvalue weighted by atomic mass is 79.9. The number of hydrogen-bond donors (Lipinski definition) is 2. The Bertz CT molecular complexity index is 489. The first kappa shape index (κ1) is 9.21. The molecule has 0 radical (unpaired) electrons. The predicted octanol–water partition coefficient (Wildman–Crippen LogP) is 1.45. The maximum Gasteiger partial charge on any atom is 0.340 e. The molecule has 0 amide bonds. The minimum absolute atomic E-state index is 0.271. The molecule has 2 rings (SSSR count). The molecule has 0 saturated carbocycles. The van der Waals surface area contributed by atoms with E-state index in [1.165, 1.54) is 0 Å². The van der Waals surface area contributed by atoms with Gasteiger partial charge in [0, 0.05) is 10.9 Å². The third-order valence-electron chi connectivity index (χ3n) is 1.87. The van der Waals surface area contributed by atoms with E-state index in [2.05, 4.69) is 31.1 Å². The maximum atomic E-state index is 10.8. The highest BCUT2D eigenvalue weighted by molar-refractivity contribution is 9.10. The van der Waals surface area contributed by atoms with Crippen LogP contribution in [0.25, 0.3) is 0 Å². The van der Waals surface area contributed by atoms with Crippen molar-refractivity contribution in [1.82, 2.24) is 15.2 Å². The van der Waals surface area contributed by atoms with Crippen molar-refractivity contribution in [2.45, 2.75) is 6.42 Å². The van der Waals surface area contributed by atoms with Crippen LogP contribution in [0.1, 0.15) is 11.4 Å². The van der Waals surface area contributed by atoms with Crippen LogP contribution in [0.2, 0.25) is 0 Å². The van der Waals surface area contributed by atoms with Gasteiger partial charge in [-0.1, -0.05) is 34.1 Å². The monoisotopic (exact) mass is 253 g/mol. The summed E-state index contributed by atoms with van der Waals surface area (Å²) in [5.41, 5.74) is 0.822. The lowest BCUT2D eigenvalue weighted by Gasteiger charge is -1.99. The molecule has 0 aliphatic carbocycles. The van der Waals surface area contributed by atoms with Crippen molar-refractivity contribution in [2.24, 2.45) is 0 Å². The van der Waals surface area contributed by atoms with Gasteiger partial charge in [0.05, 0.1) is 0 Å². The minimum atomic E-state index is -0.271. The molecule has 1 heterocycles. The van der Waals surface area contributed by atoms with Crippen molar-refractivity contribution in [3.8, 4) is 0 Å². The largest absolute Gasteiger partial charge is 0.340 e. The molecule has 5 heteroatoms. The number of hydrogen-bond acceptors (Lipinski definition) is 2. The van der Waals surface area contributed by atoms with Crippen LogP contribution in [-0.2, 0) is 6.42 Å². The molecule has 0 saturated heterocycles. The van der Waals surface area contributed by atoms with Crippen molar-refractivity contribution in [3.05, 3.63) is 50.6 Å². The Morgan fingerprint density at radius 2 is 2.14 bits per heavy atom. The number of aromatic amines is 2. The van der Waals surface area contributed by atoms with E-state index in [4.69, 9.17) is 0 Å². The lowest BCUT2D eigenvalue weighted by molar-refractivity contribution is 0.967. The van der Waals surface area contributed by atoms with E-state index < -0.39 is 0 Å². The Kier molecular flexibility index (Phi) is 2.49. The summed E-state index contributed by atoms with van der Waals surface area (Å²) in [6.07, 6.45) is 0.611. The quantitative estimate of drug-likeness (QED) is 0.852. The molecular weight excluding hydrogens is 246 g/mol. The molecule has 0 aliphatic rings. The first-order valence-electron chi connectivity index (χ1n) is 4.12. The normalized spacial score (nSPS) is 10.4. The van der Waals surface area contributed by atoms with Crippen molar-refractivity contribution < 1.29 is 0 Å². The molecule has 1 aromatic heterocycles. The summed E-state index contributed by atoms with van der Waals surface area (Å²) in [5, 5.41) is 6.17. The predicted molar refractivity (Wildman–Crippen MR) is 56.2 cm³/mol. The van der Waals surface area contributed by atoms with Crippen LogP contribution in [0.3, 0.4) is 0 Å². The summed E-state index contributed by atoms with van der Waals surface area (Å²) >= 11 is 3.43. The van der Waals surface area contributed by atoms with Gasteiger partial charge < -0.3 is 0 Å². The summed E-state index contributed by atoms with van der Waals surface area (Å²) in [6, 6.07) is 7.84. The molecule has 0 aliphatic heterocycles. The van der Waals surface area contributed by atoms with Crippen molar-refractivity contribution in [1.29, 1.82) is 0 Å². The topological polar surface area (TPSA) is 61.5 Å². The van der Waals surface area contributed by atoms with E-state index in [1.54, 1.807) is 0 Å². The first-order valence-corrected chi connectivity index (χ1v) is 4.92. The zero-order valence-electron chi connectivity index (χ0n) is 7.25. The standard InChI is InChI=1S/C9H8BrN3O/c10-7-4-2-1-3-6(7)5-8-11-9(14)13-12-8/h1-4H,5H2,(H2,11,12,13,14). The highest BCUT2D eigenvalue weighted by Crippen LogP contribution is 2.17. The Morgan fingerprint density at radius 1 is 1.36 bits per heavy atom. The summed E-state index contributed by atoms with van der Waals surface area (Å²) in [4.78, 5) is 13.4. The number of nitrogens with zero attached hydrogens (tertiary/aromatic N) is 1. The number of halogens is 1. The molecule has 1 aromatic carbocycles. The fraction of sp³-hybridized carbons (Fsp3) is 0.111. The Balaban J connectivity index is 2.27. The molecule has 0 spiro atoms. The van der Waals surface area contributed by atoms with E-state index in [-0.39, 0.29) is 5.69 Å². The van der Waals surface area contributed by atoms with Gasteiger partial charge in [-0.05, 0) is 11.6 Å².